The first-order valence-corrected chi connectivity index (χ1v) is 4.43. The minimum absolute atomic E-state index is 0.387. The third-order valence-electron chi connectivity index (χ3n) is 2.05. The van der Waals surface area contributed by atoms with E-state index in [0.29, 0.717) is 5.69 Å². The molecule has 0 spiro atoms. The van der Waals surface area contributed by atoms with Gasteiger partial charge in [0.1, 0.15) is 5.57 Å². The Balaban J connectivity index is 2.88. The molecule has 16 heavy (non-hydrogen) atoms. The summed E-state index contributed by atoms with van der Waals surface area (Å²) in [4.78, 5) is 12.3. The zero-order chi connectivity index (χ0) is 12.3. The van der Waals surface area contributed by atoms with Crippen molar-refractivity contribution in [1.29, 1.82) is 0 Å². The van der Waals surface area contributed by atoms with Gasteiger partial charge in [0.2, 0.25) is 0 Å². The predicted molar refractivity (Wildman–Crippen MR) is 55.0 cm³/mol. The number of para-hydroxylation sites is 1. The number of alkyl halides is 3. The molecule has 1 rings (SSSR count). The normalized spacial score (nSPS) is 11.0. The minimum atomic E-state index is -4.69. The third-order valence-corrected chi connectivity index (χ3v) is 2.05. The van der Waals surface area contributed by atoms with Crippen LogP contribution < -0.4 is 4.90 Å². The first-order chi connectivity index (χ1) is 7.34. The highest BCUT2D eigenvalue weighted by Crippen LogP contribution is 2.26. The van der Waals surface area contributed by atoms with Gasteiger partial charge in [-0.2, -0.15) is 13.2 Å². The van der Waals surface area contributed by atoms with Gasteiger partial charge in [-0.05, 0) is 12.1 Å². The molecular formula is C11H10F3NO. The van der Waals surface area contributed by atoms with Crippen LogP contribution in [0.15, 0.2) is 42.5 Å². The van der Waals surface area contributed by atoms with E-state index in [0.717, 1.165) is 4.90 Å². The summed E-state index contributed by atoms with van der Waals surface area (Å²) in [5.41, 5.74) is -0.989. The Labute approximate surface area is 91.0 Å². The van der Waals surface area contributed by atoms with Gasteiger partial charge in [0.05, 0.1) is 0 Å². The summed E-state index contributed by atoms with van der Waals surface area (Å²) in [6.07, 6.45) is -4.69. The molecule has 0 saturated heterocycles. The van der Waals surface area contributed by atoms with Crippen molar-refractivity contribution in [2.75, 3.05) is 11.9 Å². The van der Waals surface area contributed by atoms with E-state index in [9.17, 15) is 18.0 Å². The van der Waals surface area contributed by atoms with E-state index in [4.69, 9.17) is 0 Å². The van der Waals surface area contributed by atoms with Crippen molar-refractivity contribution in [2.24, 2.45) is 0 Å². The van der Waals surface area contributed by atoms with Crippen LogP contribution in [0.1, 0.15) is 0 Å². The van der Waals surface area contributed by atoms with Crippen molar-refractivity contribution in [1.82, 2.24) is 0 Å². The SMILES string of the molecule is C=C(C(=O)N(C)c1ccccc1)C(F)(F)F. The van der Waals surface area contributed by atoms with Gasteiger partial charge in [-0.3, -0.25) is 4.79 Å². The van der Waals surface area contributed by atoms with E-state index in [1.165, 1.54) is 7.05 Å². The molecule has 0 saturated carbocycles. The second-order valence-electron chi connectivity index (χ2n) is 3.18. The van der Waals surface area contributed by atoms with E-state index < -0.39 is 17.7 Å². The van der Waals surface area contributed by atoms with Crippen LogP contribution >= 0.6 is 0 Å². The number of hydrogen-bond acceptors (Lipinski definition) is 1. The van der Waals surface area contributed by atoms with Gasteiger partial charge in [0.25, 0.3) is 5.91 Å². The van der Waals surface area contributed by atoms with E-state index in [-0.39, 0.29) is 0 Å². The molecule has 86 valence electrons. The zero-order valence-electron chi connectivity index (χ0n) is 8.58. The minimum Gasteiger partial charge on any atom is -0.311 e. The lowest BCUT2D eigenvalue weighted by molar-refractivity contribution is -0.128. The molecule has 0 unspecified atom stereocenters. The molecule has 0 N–H and O–H groups in total. The van der Waals surface area contributed by atoms with Crippen LogP contribution in [0.25, 0.3) is 0 Å². The van der Waals surface area contributed by atoms with Gasteiger partial charge in [-0.1, -0.05) is 24.8 Å². The molecule has 0 bridgehead atoms. The Morgan fingerprint density at radius 3 is 2.19 bits per heavy atom. The first-order valence-electron chi connectivity index (χ1n) is 4.43. The van der Waals surface area contributed by atoms with Crippen molar-refractivity contribution in [3.05, 3.63) is 42.5 Å². The molecule has 0 radical (unpaired) electrons. The van der Waals surface area contributed by atoms with Crippen LogP contribution in [-0.4, -0.2) is 19.1 Å². The Kier molecular flexibility index (Phi) is 3.37. The van der Waals surface area contributed by atoms with Crippen molar-refractivity contribution >= 4 is 11.6 Å². The molecule has 0 aliphatic heterocycles. The van der Waals surface area contributed by atoms with Crippen molar-refractivity contribution in [3.8, 4) is 0 Å². The monoisotopic (exact) mass is 229 g/mol. The number of likely N-dealkylation sites (N-methyl/N-ethyl adjacent to an activating group) is 1. The number of hydrogen-bond donors (Lipinski definition) is 0. The van der Waals surface area contributed by atoms with Crippen LogP contribution in [-0.2, 0) is 4.79 Å². The fraction of sp³-hybridized carbons (Fsp3) is 0.182. The summed E-state index contributed by atoms with van der Waals surface area (Å²) in [7, 11) is 1.27. The van der Waals surface area contributed by atoms with Gasteiger partial charge in [-0.25, -0.2) is 0 Å². The molecule has 0 aliphatic carbocycles. The highest BCUT2D eigenvalue weighted by atomic mass is 19.4. The molecule has 0 atom stereocenters. The zero-order valence-corrected chi connectivity index (χ0v) is 8.58. The van der Waals surface area contributed by atoms with Crippen LogP contribution in [0.5, 0.6) is 0 Å². The number of carbonyl (C=O) groups excluding carboxylic acids is 1. The highest BCUT2D eigenvalue weighted by molar-refractivity contribution is 6.05. The summed E-state index contributed by atoms with van der Waals surface area (Å²) >= 11 is 0. The molecule has 1 amide bonds. The van der Waals surface area contributed by atoms with Gasteiger partial charge < -0.3 is 4.90 Å². The quantitative estimate of drug-likeness (QED) is 0.714. The van der Waals surface area contributed by atoms with Crippen LogP contribution in [0.4, 0.5) is 18.9 Å². The number of carbonyl (C=O) groups is 1. The molecular weight excluding hydrogens is 219 g/mol. The lowest BCUT2D eigenvalue weighted by Gasteiger charge is -2.19. The summed E-state index contributed by atoms with van der Waals surface area (Å²) in [5, 5.41) is 0. The maximum Gasteiger partial charge on any atom is 0.421 e. The third kappa shape index (κ3) is 2.62. The van der Waals surface area contributed by atoms with E-state index in [1.54, 1.807) is 30.3 Å². The van der Waals surface area contributed by atoms with Gasteiger partial charge in [0.15, 0.2) is 0 Å². The predicted octanol–water partition coefficient (Wildman–Crippen LogP) is 2.77. The van der Waals surface area contributed by atoms with E-state index >= 15 is 0 Å². The molecule has 1 aromatic rings. The number of halogens is 3. The highest BCUT2D eigenvalue weighted by Gasteiger charge is 2.38. The molecule has 0 aliphatic rings. The summed E-state index contributed by atoms with van der Waals surface area (Å²) in [6.45, 7) is 2.76. The van der Waals surface area contributed by atoms with E-state index in [2.05, 4.69) is 6.58 Å². The average molecular weight is 229 g/mol. The molecule has 5 heteroatoms. The number of anilines is 1. The second kappa shape index (κ2) is 4.38. The largest absolute Gasteiger partial charge is 0.421 e. The van der Waals surface area contributed by atoms with Crippen LogP contribution in [0.2, 0.25) is 0 Å². The topological polar surface area (TPSA) is 20.3 Å². The number of amides is 1. The fourth-order valence-corrected chi connectivity index (χ4v) is 1.09. The summed E-state index contributed by atoms with van der Waals surface area (Å²) in [6, 6.07) is 8.06. The maximum absolute atomic E-state index is 12.2. The van der Waals surface area contributed by atoms with Crippen molar-refractivity contribution in [2.45, 2.75) is 6.18 Å². The molecule has 1 aromatic carbocycles. The number of nitrogens with zero attached hydrogens (tertiary/aromatic N) is 1. The average Bonchev–Trinajstić information content (AvgIpc) is 2.26. The Bertz CT molecular complexity index is 397. The maximum atomic E-state index is 12.2. The van der Waals surface area contributed by atoms with Crippen molar-refractivity contribution in [3.63, 3.8) is 0 Å². The summed E-state index contributed by atoms with van der Waals surface area (Å²) < 4.78 is 36.7. The van der Waals surface area contributed by atoms with Crippen molar-refractivity contribution < 1.29 is 18.0 Å². The smallest absolute Gasteiger partial charge is 0.311 e. The van der Waals surface area contributed by atoms with E-state index in [1.807, 2.05) is 0 Å². The second-order valence-corrected chi connectivity index (χ2v) is 3.18. The lowest BCUT2D eigenvalue weighted by atomic mass is 10.2. The Hall–Kier alpha value is -1.78. The molecule has 0 aromatic heterocycles. The molecule has 2 nitrogen and oxygen atoms in total. The summed E-state index contributed by atoms with van der Waals surface area (Å²) in [5.74, 6) is -1.15. The molecule has 0 fully saturated rings. The standard InChI is InChI=1S/C11H10F3NO/c1-8(11(12,13)14)10(16)15(2)9-6-4-3-5-7-9/h3-7H,1H2,2H3. The Morgan fingerprint density at radius 1 is 1.25 bits per heavy atom. The van der Waals surface area contributed by atoms with Gasteiger partial charge in [-0.15, -0.1) is 0 Å². The van der Waals surface area contributed by atoms with Gasteiger partial charge in [0, 0.05) is 12.7 Å². The molecule has 0 heterocycles. The van der Waals surface area contributed by atoms with Crippen LogP contribution in [0.3, 0.4) is 0 Å². The van der Waals surface area contributed by atoms with Crippen LogP contribution in [0, 0.1) is 0 Å². The van der Waals surface area contributed by atoms with Gasteiger partial charge >= 0.3 is 6.18 Å². The first kappa shape index (κ1) is 12.3. The number of benzene rings is 1. The lowest BCUT2D eigenvalue weighted by Crippen LogP contribution is -2.33. The number of rotatable bonds is 2. The fourth-order valence-electron chi connectivity index (χ4n) is 1.09. The Morgan fingerprint density at radius 2 is 1.75 bits per heavy atom.